The van der Waals surface area contributed by atoms with Gasteiger partial charge in [-0.05, 0) is 24.1 Å². The van der Waals surface area contributed by atoms with E-state index in [0.717, 1.165) is 12.8 Å². The highest BCUT2D eigenvalue weighted by Crippen LogP contribution is 2.43. The van der Waals surface area contributed by atoms with Crippen molar-refractivity contribution in [1.29, 1.82) is 0 Å². The fourth-order valence-corrected chi connectivity index (χ4v) is 4.06. The van der Waals surface area contributed by atoms with Gasteiger partial charge in [-0.2, -0.15) is 0 Å². The zero-order valence-electron chi connectivity index (χ0n) is 18.2. The summed E-state index contributed by atoms with van der Waals surface area (Å²) in [4.78, 5) is 0. The molecule has 0 saturated carbocycles. The Kier molecular flexibility index (Phi) is 8.29. The first-order chi connectivity index (χ1) is 15.0. The van der Waals surface area contributed by atoms with E-state index in [1.165, 1.54) is 62.8 Å². The normalized spacial score (nSPS) is 17.8. The Hall–Kier alpha value is -2.60. The van der Waals surface area contributed by atoms with Crippen molar-refractivity contribution in [3.63, 3.8) is 0 Å². The van der Waals surface area contributed by atoms with E-state index in [9.17, 15) is 20.4 Å². The summed E-state index contributed by atoms with van der Waals surface area (Å²) in [6.07, 6.45) is 9.22. The number of aromatic hydroxyl groups is 4. The van der Waals surface area contributed by atoms with Crippen LogP contribution >= 0.6 is 0 Å². The van der Waals surface area contributed by atoms with E-state index in [4.69, 9.17) is 9.47 Å². The third kappa shape index (κ3) is 6.20. The third-order valence-corrected chi connectivity index (χ3v) is 5.82. The fourth-order valence-electron chi connectivity index (χ4n) is 4.06. The predicted octanol–water partition coefficient (Wildman–Crippen LogP) is 5.71. The van der Waals surface area contributed by atoms with E-state index in [0.29, 0.717) is 29.9 Å². The summed E-state index contributed by atoms with van der Waals surface area (Å²) in [6.45, 7) is 2.80. The quantitative estimate of drug-likeness (QED) is 0.269. The molecule has 3 rings (SSSR count). The smallest absolute Gasteiger partial charge is 0.157 e. The van der Waals surface area contributed by atoms with Gasteiger partial charge in [0, 0.05) is 30.7 Å². The van der Waals surface area contributed by atoms with Gasteiger partial charge < -0.3 is 29.9 Å². The van der Waals surface area contributed by atoms with Crippen molar-refractivity contribution in [2.45, 2.75) is 76.9 Å². The Balaban J connectivity index is 1.63. The minimum atomic E-state index is -0.533. The van der Waals surface area contributed by atoms with Crippen molar-refractivity contribution in [2.75, 3.05) is 6.61 Å². The Morgan fingerprint density at radius 3 is 2.26 bits per heavy atom. The van der Waals surface area contributed by atoms with Crippen molar-refractivity contribution in [3.05, 3.63) is 41.5 Å². The van der Waals surface area contributed by atoms with Gasteiger partial charge in [0.1, 0.15) is 23.4 Å². The molecule has 170 valence electrons. The Bertz CT molecular complexity index is 850. The highest BCUT2D eigenvalue weighted by molar-refractivity contribution is 5.52. The highest BCUT2D eigenvalue weighted by atomic mass is 16.5. The second-order valence-corrected chi connectivity index (χ2v) is 8.32. The van der Waals surface area contributed by atoms with Crippen molar-refractivity contribution in [3.8, 4) is 28.7 Å². The molecule has 1 aliphatic heterocycles. The minimum Gasteiger partial charge on any atom is -0.508 e. The summed E-state index contributed by atoms with van der Waals surface area (Å²) in [7, 11) is 0. The Morgan fingerprint density at radius 1 is 0.839 bits per heavy atom. The average Bonchev–Trinajstić information content (AvgIpc) is 2.74. The minimum absolute atomic E-state index is 0.0253. The number of hydrogen-bond donors (Lipinski definition) is 4. The van der Waals surface area contributed by atoms with Crippen LogP contribution < -0.4 is 4.74 Å². The molecular formula is C25H34O6. The van der Waals surface area contributed by atoms with Crippen molar-refractivity contribution < 1.29 is 29.9 Å². The fraction of sp³-hybridized carbons (Fsp3) is 0.520. The van der Waals surface area contributed by atoms with Crippen LogP contribution in [0.4, 0.5) is 0 Å². The van der Waals surface area contributed by atoms with E-state index in [1.54, 1.807) is 6.07 Å². The molecule has 4 N–H and O–H groups in total. The van der Waals surface area contributed by atoms with Crippen LogP contribution in [0.2, 0.25) is 0 Å². The van der Waals surface area contributed by atoms with Gasteiger partial charge in [0.2, 0.25) is 0 Å². The zero-order chi connectivity index (χ0) is 22.2. The van der Waals surface area contributed by atoms with Crippen LogP contribution in [0.15, 0.2) is 30.3 Å². The first-order valence-electron chi connectivity index (χ1n) is 11.3. The molecule has 6 heteroatoms. The monoisotopic (exact) mass is 430 g/mol. The van der Waals surface area contributed by atoms with Crippen LogP contribution in [0.1, 0.15) is 75.5 Å². The van der Waals surface area contributed by atoms with E-state index in [2.05, 4.69) is 6.92 Å². The van der Waals surface area contributed by atoms with Crippen LogP contribution in [0.5, 0.6) is 28.7 Å². The predicted molar refractivity (Wildman–Crippen MR) is 119 cm³/mol. The topological polar surface area (TPSA) is 99.4 Å². The number of rotatable bonds is 11. The van der Waals surface area contributed by atoms with Gasteiger partial charge in [0.15, 0.2) is 17.6 Å². The molecule has 1 heterocycles. The lowest BCUT2D eigenvalue weighted by molar-refractivity contribution is -0.0393. The highest BCUT2D eigenvalue weighted by Gasteiger charge is 2.34. The number of benzene rings is 2. The van der Waals surface area contributed by atoms with Crippen molar-refractivity contribution >= 4 is 0 Å². The van der Waals surface area contributed by atoms with Gasteiger partial charge in [0.25, 0.3) is 0 Å². The van der Waals surface area contributed by atoms with Crippen molar-refractivity contribution in [1.82, 2.24) is 0 Å². The molecule has 0 aromatic heterocycles. The molecule has 1 aliphatic rings. The van der Waals surface area contributed by atoms with E-state index >= 15 is 0 Å². The molecule has 2 aromatic rings. The lowest BCUT2D eigenvalue weighted by Gasteiger charge is -2.34. The Morgan fingerprint density at radius 2 is 1.55 bits per heavy atom. The second kappa shape index (κ2) is 11.1. The number of unbranched alkanes of at least 4 members (excludes halogenated alkanes) is 7. The SMILES string of the molecule is CCCCCCCCCCO[C@@H]1Cc2c(O)cc(O)cc2O[C@@H]1c1ccc(O)c(O)c1. The average molecular weight is 431 g/mol. The molecule has 0 fully saturated rings. The number of phenols is 4. The van der Waals surface area contributed by atoms with Gasteiger partial charge in [-0.3, -0.25) is 0 Å². The summed E-state index contributed by atoms with van der Waals surface area (Å²) in [5.41, 5.74) is 1.25. The summed E-state index contributed by atoms with van der Waals surface area (Å²) in [6, 6.07) is 7.32. The first-order valence-corrected chi connectivity index (χ1v) is 11.3. The molecule has 0 saturated heterocycles. The maximum Gasteiger partial charge on any atom is 0.157 e. The molecule has 2 atom stereocenters. The van der Waals surface area contributed by atoms with E-state index in [1.807, 2.05) is 0 Å². The standard InChI is InChI=1S/C25H34O6/c1-2-3-4-5-6-7-8-9-12-30-24-16-19-21(28)14-18(26)15-23(19)31-25(24)17-10-11-20(27)22(29)13-17/h10-11,13-15,24-29H,2-9,12,16H2,1H3/t24-,25-/m1/s1. The first kappa shape index (κ1) is 23.1. The lowest BCUT2D eigenvalue weighted by atomic mass is 9.93. The molecule has 0 radical (unpaired) electrons. The maximum atomic E-state index is 10.3. The van der Waals surface area contributed by atoms with Gasteiger partial charge in [-0.15, -0.1) is 0 Å². The summed E-state index contributed by atoms with van der Waals surface area (Å²) in [5, 5.41) is 39.6. The molecule has 2 aromatic carbocycles. The molecule has 31 heavy (non-hydrogen) atoms. The molecule has 0 amide bonds. The number of fused-ring (bicyclic) bond motifs is 1. The van der Waals surface area contributed by atoms with E-state index in [-0.39, 0.29) is 29.1 Å². The second-order valence-electron chi connectivity index (χ2n) is 8.32. The molecule has 0 spiro atoms. The van der Waals surface area contributed by atoms with Crippen LogP contribution in [-0.2, 0) is 11.2 Å². The summed E-state index contributed by atoms with van der Waals surface area (Å²) >= 11 is 0. The zero-order valence-corrected chi connectivity index (χ0v) is 18.2. The summed E-state index contributed by atoms with van der Waals surface area (Å²) in [5.74, 6) is -0.148. The van der Waals surface area contributed by atoms with E-state index < -0.39 is 6.10 Å². The molecule has 6 nitrogen and oxygen atoms in total. The van der Waals surface area contributed by atoms with Gasteiger partial charge in [-0.1, -0.05) is 57.9 Å². The summed E-state index contributed by atoms with van der Waals surface area (Å²) < 4.78 is 12.2. The largest absolute Gasteiger partial charge is 0.508 e. The molecule has 0 aliphatic carbocycles. The van der Waals surface area contributed by atoms with Gasteiger partial charge in [-0.25, -0.2) is 0 Å². The molecular weight excluding hydrogens is 396 g/mol. The lowest BCUT2D eigenvalue weighted by Crippen LogP contribution is -2.33. The molecule has 0 unspecified atom stereocenters. The van der Waals surface area contributed by atoms with Gasteiger partial charge in [0.05, 0.1) is 0 Å². The van der Waals surface area contributed by atoms with Crippen LogP contribution in [-0.4, -0.2) is 33.1 Å². The van der Waals surface area contributed by atoms with Crippen LogP contribution in [0.3, 0.4) is 0 Å². The third-order valence-electron chi connectivity index (χ3n) is 5.82. The van der Waals surface area contributed by atoms with Crippen molar-refractivity contribution in [2.24, 2.45) is 0 Å². The number of hydrogen-bond acceptors (Lipinski definition) is 6. The van der Waals surface area contributed by atoms with Gasteiger partial charge >= 0.3 is 0 Å². The maximum absolute atomic E-state index is 10.3. The Labute approximate surface area is 184 Å². The number of ether oxygens (including phenoxy) is 2. The van der Waals surface area contributed by atoms with Crippen LogP contribution in [0.25, 0.3) is 0 Å². The molecule has 0 bridgehead atoms. The number of phenolic OH excluding ortho intramolecular Hbond substituents is 4. The van der Waals surface area contributed by atoms with Crippen LogP contribution in [0, 0.1) is 0 Å².